The molecule has 0 spiro atoms. The summed E-state index contributed by atoms with van der Waals surface area (Å²) in [6.45, 7) is 2.04. The van der Waals surface area contributed by atoms with E-state index in [0.29, 0.717) is 22.8 Å². The first-order valence-corrected chi connectivity index (χ1v) is 10.1. The van der Waals surface area contributed by atoms with Gasteiger partial charge in [-0.2, -0.15) is 5.10 Å². The Morgan fingerprint density at radius 3 is 2.86 bits per heavy atom. The highest BCUT2D eigenvalue weighted by Crippen LogP contribution is 2.30. The molecular formula is C21H15ClN4O2S. The molecule has 0 saturated heterocycles. The summed E-state index contributed by atoms with van der Waals surface area (Å²) in [5, 5.41) is 19.7. The van der Waals surface area contributed by atoms with E-state index >= 15 is 0 Å². The highest BCUT2D eigenvalue weighted by Gasteiger charge is 2.18. The molecule has 0 aliphatic rings. The summed E-state index contributed by atoms with van der Waals surface area (Å²) >= 11 is 7.48. The fourth-order valence-corrected chi connectivity index (χ4v) is 4.41. The van der Waals surface area contributed by atoms with E-state index in [1.807, 2.05) is 25.1 Å². The molecular weight excluding hydrogens is 408 g/mol. The zero-order valence-electron chi connectivity index (χ0n) is 15.3. The van der Waals surface area contributed by atoms with Crippen molar-refractivity contribution in [1.82, 2.24) is 14.6 Å². The molecule has 2 aromatic carbocycles. The van der Waals surface area contributed by atoms with Gasteiger partial charge in [-0.1, -0.05) is 52.4 Å². The molecule has 0 saturated carbocycles. The number of halogens is 1. The number of hydrogen-bond acceptors (Lipinski definition) is 6. The minimum absolute atomic E-state index is 0.611. The minimum Gasteiger partial charge on any atom is -0.464 e. The van der Waals surface area contributed by atoms with Crippen molar-refractivity contribution in [2.45, 2.75) is 13.3 Å². The van der Waals surface area contributed by atoms with E-state index < -0.39 is 0 Å². The molecule has 0 radical (unpaired) electrons. The van der Waals surface area contributed by atoms with Crippen LogP contribution in [0.25, 0.3) is 27.2 Å². The third-order valence-electron chi connectivity index (χ3n) is 4.73. The molecule has 29 heavy (non-hydrogen) atoms. The average molecular weight is 423 g/mol. The van der Waals surface area contributed by atoms with Gasteiger partial charge in [0.2, 0.25) is 4.96 Å². The molecule has 0 unspecified atom stereocenters. The Bertz CT molecular complexity index is 1370. The van der Waals surface area contributed by atoms with Gasteiger partial charge in [0.15, 0.2) is 0 Å². The van der Waals surface area contributed by atoms with Gasteiger partial charge in [-0.25, -0.2) is 9.50 Å². The average Bonchev–Trinajstić information content (AvgIpc) is 3.37. The second kappa shape index (κ2) is 7.02. The highest BCUT2D eigenvalue weighted by molar-refractivity contribution is 7.16. The van der Waals surface area contributed by atoms with Crippen molar-refractivity contribution in [2.24, 2.45) is 5.16 Å². The number of rotatable bonds is 4. The van der Waals surface area contributed by atoms with Gasteiger partial charge in [-0.3, -0.25) is 0 Å². The summed E-state index contributed by atoms with van der Waals surface area (Å²) in [5.41, 5.74) is 5.29. The van der Waals surface area contributed by atoms with Crippen LogP contribution in [0, 0.1) is 6.92 Å². The summed E-state index contributed by atoms with van der Waals surface area (Å²) in [7, 11) is 0. The molecule has 0 atom stereocenters. The molecule has 3 heterocycles. The third-order valence-corrected chi connectivity index (χ3v) is 5.89. The molecule has 144 valence electrons. The first-order chi connectivity index (χ1) is 14.1. The Kier molecular flexibility index (Phi) is 4.34. The Balaban J connectivity index is 1.55. The molecule has 0 aliphatic heterocycles. The van der Waals surface area contributed by atoms with E-state index in [0.717, 1.165) is 37.6 Å². The lowest BCUT2D eigenvalue weighted by molar-refractivity contribution is 0.321. The van der Waals surface area contributed by atoms with Crippen LogP contribution in [0.15, 0.2) is 58.3 Å². The Labute approximate surface area is 174 Å². The number of hydrogen-bond donors (Lipinski definition) is 1. The predicted molar refractivity (Wildman–Crippen MR) is 114 cm³/mol. The molecule has 0 amide bonds. The van der Waals surface area contributed by atoms with Crippen LogP contribution in [0.1, 0.15) is 21.8 Å². The largest absolute Gasteiger partial charge is 0.464 e. The fraction of sp³-hybridized carbons (Fsp3) is 0.0952. The smallest absolute Gasteiger partial charge is 0.213 e. The van der Waals surface area contributed by atoms with Crippen molar-refractivity contribution in [2.75, 3.05) is 0 Å². The van der Waals surface area contributed by atoms with Crippen molar-refractivity contribution in [3.8, 4) is 11.3 Å². The Morgan fingerprint density at radius 1 is 1.24 bits per heavy atom. The number of aromatic nitrogens is 3. The van der Waals surface area contributed by atoms with E-state index in [9.17, 15) is 0 Å². The van der Waals surface area contributed by atoms with Gasteiger partial charge < -0.3 is 9.62 Å². The van der Waals surface area contributed by atoms with Crippen LogP contribution in [-0.4, -0.2) is 26.0 Å². The van der Waals surface area contributed by atoms with Crippen LogP contribution in [0.5, 0.6) is 0 Å². The van der Waals surface area contributed by atoms with Gasteiger partial charge in [0, 0.05) is 28.0 Å². The maximum absolute atomic E-state index is 9.14. The monoisotopic (exact) mass is 422 g/mol. The number of oxime groups is 1. The lowest BCUT2D eigenvalue weighted by Gasteiger charge is -1.99. The van der Waals surface area contributed by atoms with E-state index in [4.69, 9.17) is 31.3 Å². The van der Waals surface area contributed by atoms with E-state index in [2.05, 4.69) is 17.3 Å². The topological polar surface area (TPSA) is 75.9 Å². The molecule has 5 rings (SSSR count). The normalized spacial score (nSPS) is 11.9. The number of nitrogens with zero attached hydrogens (tertiary/aromatic N) is 4. The maximum atomic E-state index is 9.14. The summed E-state index contributed by atoms with van der Waals surface area (Å²) < 4.78 is 7.40. The second-order valence-corrected chi connectivity index (χ2v) is 8.20. The van der Waals surface area contributed by atoms with E-state index in [1.54, 1.807) is 22.9 Å². The van der Waals surface area contributed by atoms with Crippen LogP contribution in [0.4, 0.5) is 0 Å². The first kappa shape index (κ1) is 17.9. The predicted octanol–water partition coefficient (Wildman–Crippen LogP) is 5.56. The van der Waals surface area contributed by atoms with Crippen molar-refractivity contribution in [3.63, 3.8) is 0 Å². The van der Waals surface area contributed by atoms with Crippen LogP contribution >= 0.6 is 22.9 Å². The Morgan fingerprint density at radius 2 is 2.07 bits per heavy atom. The Hall–Kier alpha value is -3.16. The SMILES string of the molecule is Cc1ccc2c(Cc3nn4c(/C=N/O)c(-c5ccc(Cl)cc5)nc4s3)coc2c1. The van der Waals surface area contributed by atoms with Gasteiger partial charge in [0.05, 0.1) is 12.5 Å². The quantitative estimate of drug-likeness (QED) is 0.233. The maximum Gasteiger partial charge on any atom is 0.213 e. The van der Waals surface area contributed by atoms with Gasteiger partial charge >= 0.3 is 0 Å². The molecule has 5 aromatic rings. The first-order valence-electron chi connectivity index (χ1n) is 8.91. The molecule has 0 bridgehead atoms. The van der Waals surface area contributed by atoms with Gasteiger partial charge in [0.25, 0.3) is 0 Å². The van der Waals surface area contributed by atoms with Crippen molar-refractivity contribution in [1.29, 1.82) is 0 Å². The molecule has 0 fully saturated rings. The molecule has 6 nitrogen and oxygen atoms in total. The summed E-state index contributed by atoms with van der Waals surface area (Å²) in [6, 6.07) is 13.5. The third kappa shape index (κ3) is 3.18. The van der Waals surface area contributed by atoms with Crippen LogP contribution in [0.2, 0.25) is 5.02 Å². The molecule has 8 heteroatoms. The highest BCUT2D eigenvalue weighted by atomic mass is 35.5. The van der Waals surface area contributed by atoms with Gasteiger partial charge in [-0.05, 0) is 30.7 Å². The van der Waals surface area contributed by atoms with Crippen LogP contribution in [0.3, 0.4) is 0 Å². The summed E-state index contributed by atoms with van der Waals surface area (Å²) in [4.78, 5) is 5.43. The molecule has 1 N–H and O–H groups in total. The molecule has 0 aliphatic carbocycles. The van der Waals surface area contributed by atoms with Crippen LogP contribution in [-0.2, 0) is 6.42 Å². The van der Waals surface area contributed by atoms with Gasteiger partial charge in [-0.15, -0.1) is 0 Å². The van der Waals surface area contributed by atoms with Crippen LogP contribution < -0.4 is 0 Å². The fourth-order valence-electron chi connectivity index (χ4n) is 3.36. The summed E-state index contributed by atoms with van der Waals surface area (Å²) in [6.07, 6.45) is 3.77. The summed E-state index contributed by atoms with van der Waals surface area (Å²) in [5.74, 6) is 0. The van der Waals surface area contributed by atoms with Crippen molar-refractivity contribution in [3.05, 3.63) is 75.6 Å². The number of fused-ring (bicyclic) bond motifs is 2. The number of imidazole rings is 1. The zero-order chi connectivity index (χ0) is 20.0. The zero-order valence-corrected chi connectivity index (χ0v) is 16.9. The van der Waals surface area contributed by atoms with Crippen molar-refractivity contribution >= 4 is 45.1 Å². The number of benzene rings is 2. The number of furan rings is 1. The number of aryl methyl sites for hydroxylation is 1. The van der Waals surface area contributed by atoms with E-state index in [1.165, 1.54) is 17.6 Å². The van der Waals surface area contributed by atoms with Crippen molar-refractivity contribution < 1.29 is 9.62 Å². The minimum atomic E-state index is 0.611. The van der Waals surface area contributed by atoms with E-state index in [-0.39, 0.29) is 0 Å². The standard InChI is InChI=1S/C21H15ClN4O2S/c1-12-2-7-16-14(11-28-18(16)8-12)9-19-25-26-17(10-23-27)20(24-21(26)29-19)13-3-5-15(22)6-4-13/h2-8,10-11,27H,9H2,1H3/b23-10+. The second-order valence-electron chi connectivity index (χ2n) is 6.72. The lowest BCUT2D eigenvalue weighted by Crippen LogP contribution is -1.96. The lowest BCUT2D eigenvalue weighted by atomic mass is 10.1. The molecule has 3 aromatic heterocycles. The van der Waals surface area contributed by atoms with Gasteiger partial charge in [0.1, 0.15) is 22.0 Å².